The van der Waals surface area contributed by atoms with Crippen LogP contribution in [0.4, 0.5) is 0 Å². The minimum absolute atomic E-state index is 0.132. The molecule has 2 heterocycles. The largest absolute Gasteiger partial charge is 0.494 e. The third kappa shape index (κ3) is 5.13. The molecule has 0 fully saturated rings. The summed E-state index contributed by atoms with van der Waals surface area (Å²) in [5, 5.41) is 1.57. The van der Waals surface area contributed by atoms with Gasteiger partial charge in [-0.25, -0.2) is 4.98 Å². The van der Waals surface area contributed by atoms with Gasteiger partial charge in [0.05, 0.1) is 18.5 Å². The summed E-state index contributed by atoms with van der Waals surface area (Å²) < 4.78 is 7.70. The van der Waals surface area contributed by atoms with E-state index in [1.807, 2.05) is 42.9 Å². The molecule has 0 saturated heterocycles. The van der Waals surface area contributed by atoms with E-state index in [9.17, 15) is 4.79 Å². The maximum absolute atomic E-state index is 13.5. The van der Waals surface area contributed by atoms with Crippen LogP contribution in [0.2, 0.25) is 5.02 Å². The molecule has 5 nitrogen and oxygen atoms in total. The first-order chi connectivity index (χ1) is 14.9. The highest BCUT2D eigenvalue weighted by Gasteiger charge is 2.24. The van der Waals surface area contributed by atoms with E-state index in [-0.39, 0.29) is 5.56 Å². The third-order valence-electron chi connectivity index (χ3n) is 5.81. The Hall–Kier alpha value is -1.89. The Labute approximate surface area is 192 Å². The zero-order valence-corrected chi connectivity index (χ0v) is 20.1. The lowest BCUT2D eigenvalue weighted by Gasteiger charge is -2.18. The molecular formula is C24H30ClN3O2S. The Bertz CT molecular complexity index is 1100. The third-order valence-corrected chi connectivity index (χ3v) is 7.21. The van der Waals surface area contributed by atoms with Crippen LogP contribution in [-0.2, 0) is 25.9 Å². The van der Waals surface area contributed by atoms with E-state index < -0.39 is 0 Å². The number of aromatic nitrogens is 2. The van der Waals surface area contributed by atoms with E-state index in [1.54, 1.807) is 11.3 Å². The highest BCUT2D eigenvalue weighted by molar-refractivity contribution is 7.18. The van der Waals surface area contributed by atoms with Gasteiger partial charge in [-0.05, 0) is 81.9 Å². The first kappa shape index (κ1) is 22.3. The van der Waals surface area contributed by atoms with E-state index in [4.69, 9.17) is 21.3 Å². The minimum atomic E-state index is 0.132. The van der Waals surface area contributed by atoms with Gasteiger partial charge in [-0.1, -0.05) is 18.5 Å². The molecule has 0 spiro atoms. The molecule has 0 radical (unpaired) electrons. The van der Waals surface area contributed by atoms with Crippen LogP contribution in [0.5, 0.6) is 5.75 Å². The summed E-state index contributed by atoms with van der Waals surface area (Å²) in [5.74, 6) is 2.36. The number of aryl methyl sites for hydroxylation is 1. The highest BCUT2D eigenvalue weighted by Crippen LogP contribution is 2.35. The fourth-order valence-electron chi connectivity index (χ4n) is 4.19. The van der Waals surface area contributed by atoms with Crippen LogP contribution < -0.4 is 10.3 Å². The predicted octanol–water partition coefficient (Wildman–Crippen LogP) is 5.16. The second-order valence-corrected chi connectivity index (χ2v) is 10.3. The fraction of sp³-hybridized carbons (Fsp3) is 0.500. The van der Waals surface area contributed by atoms with Crippen molar-refractivity contribution in [1.82, 2.24) is 14.5 Å². The van der Waals surface area contributed by atoms with Gasteiger partial charge in [-0.3, -0.25) is 9.36 Å². The number of halogens is 1. The average Bonchev–Trinajstić information content (AvgIpc) is 3.08. The van der Waals surface area contributed by atoms with E-state index in [2.05, 4.69) is 11.8 Å². The van der Waals surface area contributed by atoms with Crippen molar-refractivity contribution < 1.29 is 4.74 Å². The van der Waals surface area contributed by atoms with Gasteiger partial charge >= 0.3 is 0 Å². The van der Waals surface area contributed by atoms with Gasteiger partial charge in [0.2, 0.25) is 0 Å². The molecular weight excluding hydrogens is 430 g/mol. The molecule has 7 heteroatoms. The highest BCUT2D eigenvalue weighted by atomic mass is 35.5. The molecule has 2 aromatic heterocycles. The lowest BCUT2D eigenvalue weighted by molar-refractivity contribution is 0.301. The van der Waals surface area contributed by atoms with Crippen LogP contribution >= 0.6 is 22.9 Å². The smallest absolute Gasteiger partial charge is 0.262 e. The van der Waals surface area contributed by atoms with Gasteiger partial charge in [-0.2, -0.15) is 0 Å². The van der Waals surface area contributed by atoms with Gasteiger partial charge in [0.25, 0.3) is 5.56 Å². The standard InChI is InChI=1S/C24H30ClN3O2S/c1-16-6-11-19-20(14-16)31-23-22(19)24(29)28(21(26-23)15-27(2)3)12-4-5-13-30-18-9-7-17(25)8-10-18/h7-10,16H,4-6,11-15H2,1-3H3. The first-order valence-electron chi connectivity index (χ1n) is 11.0. The molecule has 31 heavy (non-hydrogen) atoms. The van der Waals surface area contributed by atoms with Crippen molar-refractivity contribution in [2.75, 3.05) is 20.7 Å². The Kier molecular flexibility index (Phi) is 6.99. The van der Waals surface area contributed by atoms with Crippen molar-refractivity contribution in [3.05, 3.63) is 55.9 Å². The maximum atomic E-state index is 13.5. The van der Waals surface area contributed by atoms with Crippen molar-refractivity contribution in [1.29, 1.82) is 0 Å². The van der Waals surface area contributed by atoms with Gasteiger partial charge in [-0.15, -0.1) is 11.3 Å². The predicted molar refractivity (Wildman–Crippen MR) is 129 cm³/mol. The van der Waals surface area contributed by atoms with Crippen LogP contribution in [-0.4, -0.2) is 35.2 Å². The molecule has 4 rings (SSSR count). The molecule has 1 aliphatic carbocycles. The SMILES string of the molecule is CC1CCc2c(sc3nc(CN(C)C)n(CCCCOc4ccc(Cl)cc4)c(=O)c23)C1. The van der Waals surface area contributed by atoms with Crippen LogP contribution in [0, 0.1) is 5.92 Å². The quantitative estimate of drug-likeness (QED) is 0.436. The minimum Gasteiger partial charge on any atom is -0.494 e. The Morgan fingerprint density at radius 3 is 2.77 bits per heavy atom. The summed E-state index contributed by atoms with van der Waals surface area (Å²) >= 11 is 7.64. The molecule has 1 aromatic carbocycles. The van der Waals surface area contributed by atoms with Crippen molar-refractivity contribution in [2.45, 2.75) is 52.1 Å². The average molecular weight is 460 g/mol. The number of benzene rings is 1. The maximum Gasteiger partial charge on any atom is 0.262 e. The van der Waals surface area contributed by atoms with Crippen molar-refractivity contribution >= 4 is 33.2 Å². The molecule has 0 amide bonds. The zero-order valence-electron chi connectivity index (χ0n) is 18.5. The molecule has 0 N–H and O–H groups in total. The Morgan fingerprint density at radius 2 is 2.03 bits per heavy atom. The van der Waals surface area contributed by atoms with Crippen LogP contribution in [0.25, 0.3) is 10.2 Å². The van der Waals surface area contributed by atoms with Gasteiger partial charge < -0.3 is 9.64 Å². The van der Waals surface area contributed by atoms with Crippen LogP contribution in [0.15, 0.2) is 29.1 Å². The number of fused-ring (bicyclic) bond motifs is 3. The molecule has 0 aliphatic heterocycles. The Balaban J connectivity index is 1.51. The summed E-state index contributed by atoms with van der Waals surface area (Å²) in [6.07, 6.45) is 4.95. The van der Waals surface area contributed by atoms with E-state index >= 15 is 0 Å². The number of ether oxygens (including phenoxy) is 1. The van der Waals surface area contributed by atoms with Crippen molar-refractivity contribution in [2.24, 2.45) is 5.92 Å². The lowest BCUT2D eigenvalue weighted by Crippen LogP contribution is -2.29. The molecule has 1 unspecified atom stereocenters. The van der Waals surface area contributed by atoms with Crippen molar-refractivity contribution in [3.8, 4) is 5.75 Å². The van der Waals surface area contributed by atoms with E-state index in [1.165, 1.54) is 10.4 Å². The van der Waals surface area contributed by atoms with Crippen molar-refractivity contribution in [3.63, 3.8) is 0 Å². The molecule has 166 valence electrons. The molecule has 1 atom stereocenters. The second-order valence-electron chi connectivity index (χ2n) is 8.76. The summed E-state index contributed by atoms with van der Waals surface area (Å²) in [6, 6.07) is 7.40. The number of thiophene rings is 1. The lowest BCUT2D eigenvalue weighted by atomic mass is 9.89. The Morgan fingerprint density at radius 1 is 1.26 bits per heavy atom. The van der Waals surface area contributed by atoms with Crippen LogP contribution in [0.3, 0.4) is 0 Å². The molecule has 0 bridgehead atoms. The summed E-state index contributed by atoms with van der Waals surface area (Å²) in [6.45, 7) is 4.23. The first-order valence-corrected chi connectivity index (χ1v) is 12.2. The number of nitrogens with zero attached hydrogens (tertiary/aromatic N) is 3. The summed E-state index contributed by atoms with van der Waals surface area (Å²) in [5.41, 5.74) is 1.39. The monoisotopic (exact) mass is 459 g/mol. The van der Waals surface area contributed by atoms with E-state index in [0.29, 0.717) is 30.6 Å². The molecule has 1 aliphatic rings. The molecule has 3 aromatic rings. The van der Waals surface area contributed by atoms with E-state index in [0.717, 1.165) is 53.9 Å². The number of hydrogen-bond donors (Lipinski definition) is 0. The number of hydrogen-bond acceptors (Lipinski definition) is 5. The zero-order chi connectivity index (χ0) is 22.0. The summed E-state index contributed by atoms with van der Waals surface area (Å²) in [7, 11) is 4.03. The second kappa shape index (κ2) is 9.72. The topological polar surface area (TPSA) is 47.4 Å². The fourth-order valence-corrected chi connectivity index (χ4v) is 5.71. The molecule has 0 saturated carbocycles. The summed E-state index contributed by atoms with van der Waals surface area (Å²) in [4.78, 5) is 22.8. The van der Waals surface area contributed by atoms with Gasteiger partial charge in [0.1, 0.15) is 16.4 Å². The normalized spacial score (nSPS) is 16.1. The van der Waals surface area contributed by atoms with Gasteiger partial charge in [0.15, 0.2) is 0 Å². The number of rotatable bonds is 8. The van der Waals surface area contributed by atoms with Gasteiger partial charge in [0, 0.05) is 16.4 Å². The number of unbranched alkanes of at least 4 members (excludes halogenated alkanes) is 1. The van der Waals surface area contributed by atoms with Crippen LogP contribution in [0.1, 0.15) is 42.5 Å².